The molecular formula is C25H18O6. The second kappa shape index (κ2) is 6.34. The highest BCUT2D eigenvalue weighted by Crippen LogP contribution is 2.58. The summed E-state index contributed by atoms with van der Waals surface area (Å²) in [4.78, 5) is 0. The zero-order valence-corrected chi connectivity index (χ0v) is 16.1. The van der Waals surface area contributed by atoms with Gasteiger partial charge < -0.3 is 30.6 Å². The molecule has 0 saturated heterocycles. The van der Waals surface area contributed by atoms with Gasteiger partial charge in [0.2, 0.25) is 0 Å². The van der Waals surface area contributed by atoms with Crippen LogP contribution in [0.3, 0.4) is 0 Å². The maximum atomic E-state index is 10.3. The van der Waals surface area contributed by atoms with Crippen LogP contribution in [0.1, 0.15) is 22.3 Å². The molecule has 0 bridgehead atoms. The minimum Gasteiger partial charge on any atom is -0.504 e. The van der Waals surface area contributed by atoms with Crippen LogP contribution in [0.4, 0.5) is 0 Å². The summed E-state index contributed by atoms with van der Waals surface area (Å²) in [6, 6.07) is 20.5. The molecule has 6 N–H and O–H groups in total. The second-order valence-corrected chi connectivity index (χ2v) is 7.57. The van der Waals surface area contributed by atoms with Gasteiger partial charge in [0.1, 0.15) is 0 Å². The smallest absolute Gasteiger partial charge is 0.200 e. The number of phenols is 6. The van der Waals surface area contributed by atoms with Gasteiger partial charge in [0.15, 0.2) is 34.5 Å². The highest BCUT2D eigenvalue weighted by molar-refractivity contribution is 5.87. The molecule has 31 heavy (non-hydrogen) atoms. The van der Waals surface area contributed by atoms with E-state index in [1.807, 2.05) is 48.5 Å². The fourth-order valence-corrected chi connectivity index (χ4v) is 4.67. The molecule has 5 rings (SSSR count). The number of fused-ring (bicyclic) bond motifs is 3. The minimum atomic E-state index is -1.17. The van der Waals surface area contributed by atoms with Crippen molar-refractivity contribution in [3.63, 3.8) is 0 Å². The molecule has 0 aliphatic heterocycles. The molecule has 0 amide bonds. The Balaban J connectivity index is 2.00. The molecule has 6 heteroatoms. The van der Waals surface area contributed by atoms with Crippen LogP contribution < -0.4 is 0 Å². The third-order valence-corrected chi connectivity index (χ3v) is 5.96. The number of benzene rings is 4. The third-order valence-electron chi connectivity index (χ3n) is 5.96. The largest absolute Gasteiger partial charge is 0.504 e. The first-order chi connectivity index (χ1) is 14.9. The van der Waals surface area contributed by atoms with Gasteiger partial charge in [-0.05, 0) is 57.6 Å². The predicted molar refractivity (Wildman–Crippen MR) is 114 cm³/mol. The molecule has 0 aromatic heterocycles. The van der Waals surface area contributed by atoms with Crippen molar-refractivity contribution in [2.45, 2.75) is 5.41 Å². The van der Waals surface area contributed by atoms with Crippen LogP contribution in [0.5, 0.6) is 34.5 Å². The molecule has 154 valence electrons. The monoisotopic (exact) mass is 414 g/mol. The third kappa shape index (κ3) is 2.39. The Morgan fingerprint density at radius 3 is 1.13 bits per heavy atom. The molecular weight excluding hydrogens is 396 g/mol. The van der Waals surface area contributed by atoms with Gasteiger partial charge >= 0.3 is 0 Å². The molecule has 0 saturated carbocycles. The van der Waals surface area contributed by atoms with Crippen LogP contribution in [0, 0.1) is 0 Å². The Morgan fingerprint density at radius 2 is 0.774 bits per heavy atom. The average Bonchev–Trinajstić information content (AvgIpc) is 3.06. The van der Waals surface area contributed by atoms with Gasteiger partial charge in [-0.2, -0.15) is 0 Å². The SMILES string of the molecule is Oc1cc(C2(c3cc(O)c(O)c(O)c3)c3ccccc3-c3ccccc32)cc(O)c1O. The van der Waals surface area contributed by atoms with E-state index >= 15 is 0 Å². The molecule has 1 aliphatic rings. The Hall–Kier alpha value is -4.32. The van der Waals surface area contributed by atoms with Crippen LogP contribution >= 0.6 is 0 Å². The maximum absolute atomic E-state index is 10.3. The Morgan fingerprint density at radius 1 is 0.452 bits per heavy atom. The van der Waals surface area contributed by atoms with E-state index in [4.69, 9.17) is 0 Å². The number of hydrogen-bond acceptors (Lipinski definition) is 6. The lowest BCUT2D eigenvalue weighted by Crippen LogP contribution is -2.28. The van der Waals surface area contributed by atoms with Crippen molar-refractivity contribution in [2.24, 2.45) is 0 Å². The second-order valence-electron chi connectivity index (χ2n) is 7.57. The standard InChI is InChI=1S/C25H18O6/c26-19-9-13(10-20(27)23(19)30)25(14-11-21(28)24(31)22(29)12-14)17-7-3-1-5-15(17)16-6-2-4-8-18(16)25/h1-12,26-31H. The summed E-state index contributed by atoms with van der Waals surface area (Å²) in [6.45, 7) is 0. The normalized spacial score (nSPS) is 13.5. The summed E-state index contributed by atoms with van der Waals surface area (Å²) in [6.07, 6.45) is 0. The van der Waals surface area contributed by atoms with Gasteiger partial charge in [-0.25, -0.2) is 0 Å². The summed E-state index contributed by atoms with van der Waals surface area (Å²) < 4.78 is 0. The van der Waals surface area contributed by atoms with Gasteiger partial charge in [0, 0.05) is 0 Å². The molecule has 0 fully saturated rings. The van der Waals surface area contributed by atoms with Crippen LogP contribution in [-0.4, -0.2) is 30.6 Å². The number of aromatic hydroxyl groups is 6. The van der Waals surface area contributed by atoms with Crippen molar-refractivity contribution in [3.05, 3.63) is 95.1 Å². The van der Waals surface area contributed by atoms with E-state index in [0.717, 1.165) is 22.3 Å². The van der Waals surface area contributed by atoms with Crippen molar-refractivity contribution in [1.29, 1.82) is 0 Å². The average molecular weight is 414 g/mol. The highest BCUT2D eigenvalue weighted by atomic mass is 16.3. The fourth-order valence-electron chi connectivity index (χ4n) is 4.67. The van der Waals surface area contributed by atoms with E-state index in [1.165, 1.54) is 24.3 Å². The van der Waals surface area contributed by atoms with Crippen LogP contribution in [-0.2, 0) is 5.41 Å². The summed E-state index contributed by atoms with van der Waals surface area (Å²) in [7, 11) is 0. The van der Waals surface area contributed by atoms with Gasteiger partial charge in [-0.1, -0.05) is 48.5 Å². The molecule has 1 aliphatic carbocycles. The Kier molecular flexibility index (Phi) is 3.82. The summed E-state index contributed by atoms with van der Waals surface area (Å²) in [5.41, 5.74) is 3.01. The molecule has 0 heterocycles. The topological polar surface area (TPSA) is 121 Å². The first-order valence-corrected chi connectivity index (χ1v) is 9.56. The lowest BCUT2D eigenvalue weighted by atomic mass is 9.67. The Labute approximate surface area is 177 Å². The van der Waals surface area contributed by atoms with Crippen LogP contribution in [0.2, 0.25) is 0 Å². The van der Waals surface area contributed by atoms with Crippen molar-refractivity contribution >= 4 is 0 Å². The molecule has 0 atom stereocenters. The Bertz CT molecular complexity index is 1210. The number of hydrogen-bond donors (Lipinski definition) is 6. The quantitative estimate of drug-likeness (QED) is 0.240. The zero-order valence-electron chi connectivity index (χ0n) is 16.1. The summed E-state index contributed by atoms with van der Waals surface area (Å²) in [5, 5.41) is 61.1. The lowest BCUT2D eigenvalue weighted by Gasteiger charge is -2.34. The number of phenolic OH excluding ortho intramolecular Hbond substituents is 6. The van der Waals surface area contributed by atoms with Crippen molar-refractivity contribution in [1.82, 2.24) is 0 Å². The molecule has 4 aromatic rings. The van der Waals surface area contributed by atoms with Gasteiger partial charge in [-0.3, -0.25) is 0 Å². The minimum absolute atomic E-state index is 0.405. The first kappa shape index (κ1) is 18.7. The van der Waals surface area contributed by atoms with Crippen LogP contribution in [0.15, 0.2) is 72.8 Å². The van der Waals surface area contributed by atoms with Crippen LogP contribution in [0.25, 0.3) is 11.1 Å². The van der Waals surface area contributed by atoms with Crippen molar-refractivity contribution < 1.29 is 30.6 Å². The van der Waals surface area contributed by atoms with Crippen molar-refractivity contribution in [3.8, 4) is 45.6 Å². The van der Waals surface area contributed by atoms with E-state index in [9.17, 15) is 30.6 Å². The van der Waals surface area contributed by atoms with Gasteiger partial charge in [0.25, 0.3) is 0 Å². The molecule has 0 spiro atoms. The van der Waals surface area contributed by atoms with E-state index in [-0.39, 0.29) is 0 Å². The van der Waals surface area contributed by atoms with Gasteiger partial charge in [-0.15, -0.1) is 0 Å². The maximum Gasteiger partial charge on any atom is 0.200 e. The summed E-state index contributed by atoms with van der Waals surface area (Å²) in [5.74, 6) is -3.33. The first-order valence-electron chi connectivity index (χ1n) is 9.56. The van der Waals surface area contributed by atoms with Gasteiger partial charge in [0.05, 0.1) is 5.41 Å². The fraction of sp³-hybridized carbons (Fsp3) is 0.0400. The summed E-state index contributed by atoms with van der Waals surface area (Å²) >= 11 is 0. The van der Waals surface area contributed by atoms with E-state index < -0.39 is 39.9 Å². The molecule has 4 aromatic carbocycles. The van der Waals surface area contributed by atoms with E-state index in [0.29, 0.717) is 11.1 Å². The predicted octanol–water partition coefficient (Wildman–Crippen LogP) is 4.28. The number of rotatable bonds is 2. The van der Waals surface area contributed by atoms with Crippen molar-refractivity contribution in [2.75, 3.05) is 0 Å². The molecule has 0 radical (unpaired) electrons. The molecule has 6 nitrogen and oxygen atoms in total. The van der Waals surface area contributed by atoms with E-state index in [1.54, 1.807) is 0 Å². The molecule has 0 unspecified atom stereocenters. The lowest BCUT2D eigenvalue weighted by molar-refractivity contribution is 0.365. The highest BCUT2D eigenvalue weighted by Gasteiger charge is 2.47. The zero-order chi connectivity index (χ0) is 21.9. The van der Waals surface area contributed by atoms with E-state index in [2.05, 4.69) is 0 Å².